The van der Waals surface area contributed by atoms with Gasteiger partial charge in [-0.25, -0.2) is 4.68 Å². The van der Waals surface area contributed by atoms with Crippen LogP contribution in [0.25, 0.3) is 0 Å². The first-order valence-electron chi connectivity index (χ1n) is 5.27. The van der Waals surface area contributed by atoms with Crippen molar-refractivity contribution in [2.45, 2.75) is 38.6 Å². The second kappa shape index (κ2) is 3.86. The minimum absolute atomic E-state index is 0.468. The number of nitrogen functional groups attached to an aromatic ring is 1. The summed E-state index contributed by atoms with van der Waals surface area (Å²) in [4.78, 5) is 4.16. The van der Waals surface area contributed by atoms with E-state index in [4.69, 9.17) is 5.73 Å². The molecule has 0 aliphatic heterocycles. The molecule has 78 valence electrons. The zero-order chi connectivity index (χ0) is 9.97. The SMILES string of the molecule is CCNc1nc(N)n(C2CCCC2)n1. The lowest BCUT2D eigenvalue weighted by Gasteiger charge is -2.09. The molecule has 0 unspecified atom stereocenters. The third-order valence-corrected chi connectivity index (χ3v) is 2.66. The Balaban J connectivity index is 2.15. The fourth-order valence-electron chi connectivity index (χ4n) is 1.99. The number of anilines is 2. The maximum absolute atomic E-state index is 5.80. The van der Waals surface area contributed by atoms with Crippen molar-refractivity contribution in [1.29, 1.82) is 0 Å². The summed E-state index contributed by atoms with van der Waals surface area (Å²) in [5.41, 5.74) is 5.80. The highest BCUT2D eigenvalue weighted by molar-refractivity contribution is 5.31. The van der Waals surface area contributed by atoms with Gasteiger partial charge in [0, 0.05) is 6.54 Å². The van der Waals surface area contributed by atoms with Gasteiger partial charge in [-0.05, 0) is 19.8 Å². The molecule has 1 saturated carbocycles. The number of nitrogens with one attached hydrogen (secondary N) is 1. The smallest absolute Gasteiger partial charge is 0.243 e. The summed E-state index contributed by atoms with van der Waals surface area (Å²) in [5.74, 6) is 1.18. The van der Waals surface area contributed by atoms with Gasteiger partial charge in [0.25, 0.3) is 0 Å². The molecular formula is C9H17N5. The van der Waals surface area contributed by atoms with Gasteiger partial charge in [-0.3, -0.25) is 0 Å². The first-order valence-corrected chi connectivity index (χ1v) is 5.27. The number of hydrogen-bond acceptors (Lipinski definition) is 4. The fourth-order valence-corrected chi connectivity index (χ4v) is 1.99. The molecule has 2 rings (SSSR count). The fraction of sp³-hybridized carbons (Fsp3) is 0.778. The van der Waals surface area contributed by atoms with Gasteiger partial charge in [0.1, 0.15) is 0 Å². The standard InChI is InChI=1S/C9H17N5/c1-2-11-9-12-8(10)14(13-9)7-5-3-4-6-7/h7H,2-6H2,1H3,(H3,10,11,12,13). The minimum atomic E-state index is 0.468. The highest BCUT2D eigenvalue weighted by Gasteiger charge is 2.20. The van der Waals surface area contributed by atoms with Crippen molar-refractivity contribution in [1.82, 2.24) is 14.8 Å². The average Bonchev–Trinajstić information content (AvgIpc) is 2.74. The molecule has 14 heavy (non-hydrogen) atoms. The van der Waals surface area contributed by atoms with Gasteiger partial charge in [-0.1, -0.05) is 12.8 Å². The maximum Gasteiger partial charge on any atom is 0.243 e. The Kier molecular flexibility index (Phi) is 2.56. The van der Waals surface area contributed by atoms with E-state index >= 15 is 0 Å². The van der Waals surface area contributed by atoms with Gasteiger partial charge in [0.2, 0.25) is 11.9 Å². The Bertz CT molecular complexity index is 300. The van der Waals surface area contributed by atoms with E-state index < -0.39 is 0 Å². The van der Waals surface area contributed by atoms with E-state index in [1.165, 1.54) is 25.7 Å². The van der Waals surface area contributed by atoms with Crippen molar-refractivity contribution in [3.63, 3.8) is 0 Å². The second-order valence-electron chi connectivity index (χ2n) is 3.71. The van der Waals surface area contributed by atoms with E-state index in [0.29, 0.717) is 17.9 Å². The van der Waals surface area contributed by atoms with Crippen LogP contribution >= 0.6 is 0 Å². The van der Waals surface area contributed by atoms with Crippen LogP contribution in [0.15, 0.2) is 0 Å². The summed E-state index contributed by atoms with van der Waals surface area (Å²) in [6.45, 7) is 2.85. The van der Waals surface area contributed by atoms with Gasteiger partial charge in [0.05, 0.1) is 6.04 Å². The van der Waals surface area contributed by atoms with E-state index in [9.17, 15) is 0 Å². The van der Waals surface area contributed by atoms with Crippen LogP contribution < -0.4 is 11.1 Å². The Morgan fingerprint density at radius 3 is 2.86 bits per heavy atom. The largest absolute Gasteiger partial charge is 0.368 e. The predicted molar refractivity (Wildman–Crippen MR) is 56.1 cm³/mol. The van der Waals surface area contributed by atoms with E-state index in [0.717, 1.165) is 6.54 Å². The van der Waals surface area contributed by atoms with Crippen LogP contribution in [0, 0.1) is 0 Å². The van der Waals surface area contributed by atoms with Crippen LogP contribution in [-0.4, -0.2) is 21.3 Å². The average molecular weight is 195 g/mol. The van der Waals surface area contributed by atoms with Crippen molar-refractivity contribution in [3.8, 4) is 0 Å². The summed E-state index contributed by atoms with van der Waals surface area (Å²) < 4.78 is 1.87. The van der Waals surface area contributed by atoms with E-state index in [1.807, 2.05) is 11.6 Å². The Morgan fingerprint density at radius 2 is 2.21 bits per heavy atom. The molecular weight excluding hydrogens is 178 g/mol. The Morgan fingerprint density at radius 1 is 1.50 bits per heavy atom. The highest BCUT2D eigenvalue weighted by atomic mass is 15.4. The predicted octanol–water partition coefficient (Wildman–Crippen LogP) is 1.41. The molecule has 1 aromatic heterocycles. The van der Waals surface area contributed by atoms with Gasteiger partial charge in [0.15, 0.2) is 0 Å². The van der Waals surface area contributed by atoms with Crippen LogP contribution in [0.5, 0.6) is 0 Å². The Hall–Kier alpha value is -1.26. The zero-order valence-electron chi connectivity index (χ0n) is 8.53. The van der Waals surface area contributed by atoms with Gasteiger partial charge < -0.3 is 11.1 Å². The molecule has 0 saturated heterocycles. The van der Waals surface area contributed by atoms with Crippen molar-refractivity contribution < 1.29 is 0 Å². The molecule has 5 nitrogen and oxygen atoms in total. The molecule has 1 heterocycles. The summed E-state index contributed by atoms with van der Waals surface area (Å²) in [6, 6.07) is 0.468. The summed E-state index contributed by atoms with van der Waals surface area (Å²) in [6.07, 6.45) is 4.92. The van der Waals surface area contributed by atoms with Crippen LogP contribution in [0.1, 0.15) is 38.6 Å². The molecule has 0 spiro atoms. The molecule has 1 aromatic rings. The molecule has 1 aliphatic rings. The van der Waals surface area contributed by atoms with Gasteiger partial charge in [-0.2, -0.15) is 4.98 Å². The molecule has 0 radical (unpaired) electrons. The summed E-state index contributed by atoms with van der Waals surface area (Å²) in [5, 5.41) is 7.42. The van der Waals surface area contributed by atoms with Crippen LogP contribution in [-0.2, 0) is 0 Å². The van der Waals surface area contributed by atoms with E-state index in [-0.39, 0.29) is 0 Å². The van der Waals surface area contributed by atoms with Crippen molar-refractivity contribution in [2.24, 2.45) is 0 Å². The highest BCUT2D eigenvalue weighted by Crippen LogP contribution is 2.30. The third kappa shape index (κ3) is 1.66. The summed E-state index contributed by atoms with van der Waals surface area (Å²) >= 11 is 0. The minimum Gasteiger partial charge on any atom is -0.368 e. The molecule has 5 heteroatoms. The number of hydrogen-bond donors (Lipinski definition) is 2. The van der Waals surface area contributed by atoms with Crippen molar-refractivity contribution >= 4 is 11.9 Å². The van der Waals surface area contributed by atoms with Gasteiger partial charge in [-0.15, -0.1) is 5.10 Å². The monoisotopic (exact) mass is 195 g/mol. The van der Waals surface area contributed by atoms with Crippen molar-refractivity contribution in [3.05, 3.63) is 0 Å². The molecule has 0 bridgehead atoms. The van der Waals surface area contributed by atoms with Gasteiger partial charge >= 0.3 is 0 Å². The van der Waals surface area contributed by atoms with Crippen LogP contribution in [0.4, 0.5) is 11.9 Å². The molecule has 3 N–H and O–H groups in total. The quantitative estimate of drug-likeness (QED) is 0.765. The second-order valence-corrected chi connectivity index (χ2v) is 3.71. The Labute approximate surface area is 83.7 Å². The van der Waals surface area contributed by atoms with Crippen LogP contribution in [0.2, 0.25) is 0 Å². The topological polar surface area (TPSA) is 68.8 Å². The lowest BCUT2D eigenvalue weighted by atomic mass is 10.3. The number of aromatic nitrogens is 3. The molecule has 1 aliphatic carbocycles. The lowest BCUT2D eigenvalue weighted by molar-refractivity contribution is 0.474. The number of nitrogens with zero attached hydrogens (tertiary/aromatic N) is 3. The number of nitrogens with two attached hydrogens (primary N) is 1. The normalized spacial score (nSPS) is 17.5. The molecule has 0 amide bonds. The molecule has 0 atom stereocenters. The van der Waals surface area contributed by atoms with Crippen molar-refractivity contribution in [2.75, 3.05) is 17.6 Å². The number of rotatable bonds is 3. The molecule has 0 aromatic carbocycles. The first-order chi connectivity index (χ1) is 6.81. The summed E-state index contributed by atoms with van der Waals surface area (Å²) in [7, 11) is 0. The third-order valence-electron chi connectivity index (χ3n) is 2.66. The zero-order valence-corrected chi connectivity index (χ0v) is 8.53. The molecule has 1 fully saturated rings. The first kappa shape index (κ1) is 9.30. The van der Waals surface area contributed by atoms with E-state index in [2.05, 4.69) is 15.4 Å². The van der Waals surface area contributed by atoms with E-state index in [1.54, 1.807) is 0 Å². The van der Waals surface area contributed by atoms with Crippen LogP contribution in [0.3, 0.4) is 0 Å². The maximum atomic E-state index is 5.80. The lowest BCUT2D eigenvalue weighted by Crippen LogP contribution is -2.10.